The number of hydrogen-bond acceptors (Lipinski definition) is 3. The summed E-state index contributed by atoms with van der Waals surface area (Å²) >= 11 is 0. The smallest absolute Gasteiger partial charge is 0.161 e. The normalized spacial score (nSPS) is 26.5. The van der Waals surface area contributed by atoms with Gasteiger partial charge in [-0.15, -0.1) is 0 Å². The van der Waals surface area contributed by atoms with E-state index >= 15 is 0 Å². The fraction of sp³-hybridized carbons (Fsp3) is 0.647. The fourth-order valence-corrected chi connectivity index (χ4v) is 3.30. The van der Waals surface area contributed by atoms with Crippen molar-refractivity contribution < 1.29 is 9.47 Å². The average Bonchev–Trinajstić information content (AvgIpc) is 2.89. The van der Waals surface area contributed by atoms with Crippen molar-refractivity contribution in [3.8, 4) is 11.5 Å². The Balaban J connectivity index is 1.60. The number of ether oxygens (including phenoxy) is 2. The topological polar surface area (TPSA) is 30.5 Å². The molecule has 0 saturated heterocycles. The van der Waals surface area contributed by atoms with Crippen LogP contribution in [0.4, 0.5) is 0 Å². The molecule has 3 rings (SSSR count). The van der Waals surface area contributed by atoms with Gasteiger partial charge in [0, 0.05) is 6.04 Å². The first-order chi connectivity index (χ1) is 9.74. The molecule has 1 saturated carbocycles. The predicted octanol–water partition coefficient (Wildman–Crippen LogP) is 3.54. The van der Waals surface area contributed by atoms with Crippen LogP contribution < -0.4 is 14.8 Å². The highest BCUT2D eigenvalue weighted by Gasteiger charge is 2.23. The minimum absolute atomic E-state index is 0.360. The van der Waals surface area contributed by atoms with Crippen molar-refractivity contribution in [3.63, 3.8) is 0 Å². The molecule has 1 aromatic rings. The van der Waals surface area contributed by atoms with Gasteiger partial charge < -0.3 is 14.8 Å². The molecule has 1 N–H and O–H groups in total. The van der Waals surface area contributed by atoms with Crippen LogP contribution in [0.5, 0.6) is 11.5 Å². The average molecular weight is 275 g/mol. The van der Waals surface area contributed by atoms with Crippen molar-refractivity contribution in [1.82, 2.24) is 5.32 Å². The first-order valence-corrected chi connectivity index (χ1v) is 7.87. The Hall–Kier alpha value is -1.22. The van der Waals surface area contributed by atoms with Gasteiger partial charge in [-0.25, -0.2) is 0 Å². The Morgan fingerprint density at radius 1 is 1.20 bits per heavy atom. The monoisotopic (exact) mass is 275 g/mol. The number of hydrogen-bond donors (Lipinski definition) is 1. The van der Waals surface area contributed by atoms with E-state index in [1.807, 2.05) is 6.07 Å². The van der Waals surface area contributed by atoms with E-state index in [1.54, 1.807) is 0 Å². The van der Waals surface area contributed by atoms with E-state index in [0.29, 0.717) is 19.3 Å². The molecule has 20 heavy (non-hydrogen) atoms. The third-order valence-corrected chi connectivity index (χ3v) is 4.79. The molecule has 0 radical (unpaired) electrons. The van der Waals surface area contributed by atoms with E-state index in [9.17, 15) is 0 Å². The molecular formula is C17H25NO2. The lowest BCUT2D eigenvalue weighted by Gasteiger charge is -2.23. The van der Waals surface area contributed by atoms with Crippen LogP contribution in [0.15, 0.2) is 18.2 Å². The van der Waals surface area contributed by atoms with Gasteiger partial charge in [-0.1, -0.05) is 25.8 Å². The van der Waals surface area contributed by atoms with Gasteiger partial charge in [0.05, 0.1) is 0 Å². The lowest BCUT2D eigenvalue weighted by atomic mass is 9.97. The summed E-state index contributed by atoms with van der Waals surface area (Å²) < 4.78 is 11.2. The Morgan fingerprint density at radius 2 is 2.00 bits per heavy atom. The van der Waals surface area contributed by atoms with Crippen molar-refractivity contribution in [2.45, 2.75) is 39.2 Å². The van der Waals surface area contributed by atoms with Crippen LogP contribution in [0.2, 0.25) is 0 Å². The number of rotatable bonds is 4. The Labute approximate surface area is 121 Å². The molecule has 1 aliphatic carbocycles. The number of nitrogens with one attached hydrogen (secondary N) is 1. The van der Waals surface area contributed by atoms with Crippen LogP contribution in [0, 0.1) is 11.8 Å². The van der Waals surface area contributed by atoms with Gasteiger partial charge in [0.25, 0.3) is 0 Å². The van der Waals surface area contributed by atoms with Gasteiger partial charge in [-0.3, -0.25) is 0 Å². The molecule has 3 atom stereocenters. The molecule has 0 bridgehead atoms. The van der Waals surface area contributed by atoms with Gasteiger partial charge >= 0.3 is 0 Å². The molecule has 0 spiro atoms. The van der Waals surface area contributed by atoms with Crippen molar-refractivity contribution in [1.29, 1.82) is 0 Å². The molecule has 3 unspecified atom stereocenters. The summed E-state index contributed by atoms with van der Waals surface area (Å²) in [7, 11) is 0. The SMILES string of the molecule is CC(NCC1CCCC1C)c1ccc2c(c1)OCCO2. The Morgan fingerprint density at radius 3 is 2.75 bits per heavy atom. The maximum atomic E-state index is 5.66. The maximum absolute atomic E-state index is 5.66. The molecule has 3 nitrogen and oxygen atoms in total. The second-order valence-electron chi connectivity index (χ2n) is 6.20. The molecule has 3 heteroatoms. The van der Waals surface area contributed by atoms with Crippen LogP contribution in [0.25, 0.3) is 0 Å². The first kappa shape index (κ1) is 13.7. The molecule has 1 fully saturated rings. The summed E-state index contributed by atoms with van der Waals surface area (Å²) in [4.78, 5) is 0. The van der Waals surface area contributed by atoms with Crippen LogP contribution in [-0.4, -0.2) is 19.8 Å². The summed E-state index contributed by atoms with van der Waals surface area (Å²) in [6, 6.07) is 6.65. The predicted molar refractivity (Wildman–Crippen MR) is 80.4 cm³/mol. The first-order valence-electron chi connectivity index (χ1n) is 7.87. The van der Waals surface area contributed by atoms with Crippen molar-refractivity contribution >= 4 is 0 Å². The van der Waals surface area contributed by atoms with E-state index in [-0.39, 0.29) is 0 Å². The largest absolute Gasteiger partial charge is 0.486 e. The zero-order valence-electron chi connectivity index (χ0n) is 12.5. The summed E-state index contributed by atoms with van der Waals surface area (Å²) in [5.41, 5.74) is 1.28. The highest BCUT2D eigenvalue weighted by atomic mass is 16.6. The van der Waals surface area contributed by atoms with E-state index in [0.717, 1.165) is 29.9 Å². The van der Waals surface area contributed by atoms with Crippen LogP contribution in [0.3, 0.4) is 0 Å². The lowest BCUT2D eigenvalue weighted by molar-refractivity contribution is 0.171. The summed E-state index contributed by atoms with van der Waals surface area (Å²) in [6.07, 6.45) is 4.17. The van der Waals surface area contributed by atoms with Crippen molar-refractivity contribution in [3.05, 3.63) is 23.8 Å². The molecular weight excluding hydrogens is 250 g/mol. The lowest BCUT2D eigenvalue weighted by Crippen LogP contribution is -2.27. The van der Waals surface area contributed by atoms with Crippen LogP contribution in [0.1, 0.15) is 44.7 Å². The van der Waals surface area contributed by atoms with E-state index < -0.39 is 0 Å². The highest BCUT2D eigenvalue weighted by Crippen LogP contribution is 2.33. The molecule has 1 heterocycles. The molecule has 2 aliphatic rings. The zero-order valence-corrected chi connectivity index (χ0v) is 12.5. The Kier molecular flexibility index (Phi) is 4.16. The van der Waals surface area contributed by atoms with Gasteiger partial charge in [0.1, 0.15) is 13.2 Å². The number of benzene rings is 1. The summed E-state index contributed by atoms with van der Waals surface area (Å²) in [5, 5.41) is 3.68. The Bertz CT molecular complexity index is 460. The van der Waals surface area contributed by atoms with Crippen LogP contribution >= 0.6 is 0 Å². The molecule has 0 amide bonds. The van der Waals surface area contributed by atoms with Gasteiger partial charge in [0.2, 0.25) is 0 Å². The van der Waals surface area contributed by atoms with Gasteiger partial charge in [0.15, 0.2) is 11.5 Å². The van der Waals surface area contributed by atoms with E-state index in [4.69, 9.17) is 9.47 Å². The standard InChI is InChI=1S/C17H25NO2/c1-12-4-3-5-15(12)11-18-13(2)14-6-7-16-17(10-14)20-9-8-19-16/h6-7,10,12-13,15,18H,3-5,8-9,11H2,1-2H3. The van der Waals surface area contributed by atoms with Gasteiger partial charge in [-0.05, 0) is 49.4 Å². The molecule has 0 aromatic heterocycles. The molecule has 1 aliphatic heterocycles. The minimum atomic E-state index is 0.360. The van der Waals surface area contributed by atoms with E-state index in [2.05, 4.69) is 31.3 Å². The highest BCUT2D eigenvalue weighted by molar-refractivity contribution is 5.44. The van der Waals surface area contributed by atoms with Gasteiger partial charge in [-0.2, -0.15) is 0 Å². The third-order valence-electron chi connectivity index (χ3n) is 4.79. The number of fused-ring (bicyclic) bond motifs is 1. The maximum Gasteiger partial charge on any atom is 0.161 e. The second-order valence-corrected chi connectivity index (χ2v) is 6.20. The molecule has 1 aromatic carbocycles. The summed E-state index contributed by atoms with van der Waals surface area (Å²) in [6.45, 7) is 7.04. The van der Waals surface area contributed by atoms with Crippen molar-refractivity contribution in [2.24, 2.45) is 11.8 Å². The zero-order chi connectivity index (χ0) is 13.9. The second kappa shape index (κ2) is 6.04. The minimum Gasteiger partial charge on any atom is -0.486 e. The summed E-state index contributed by atoms with van der Waals surface area (Å²) in [5.74, 6) is 3.47. The third kappa shape index (κ3) is 2.93. The van der Waals surface area contributed by atoms with Crippen molar-refractivity contribution in [2.75, 3.05) is 19.8 Å². The molecule has 110 valence electrons. The van der Waals surface area contributed by atoms with Crippen LogP contribution in [-0.2, 0) is 0 Å². The van der Waals surface area contributed by atoms with E-state index in [1.165, 1.54) is 24.8 Å². The quantitative estimate of drug-likeness (QED) is 0.911. The fourth-order valence-electron chi connectivity index (χ4n) is 3.30.